The van der Waals surface area contributed by atoms with Crippen molar-refractivity contribution in [1.82, 2.24) is 4.31 Å². The van der Waals surface area contributed by atoms with Crippen LogP contribution in [0, 0.1) is 0 Å². The van der Waals surface area contributed by atoms with Crippen molar-refractivity contribution >= 4 is 21.6 Å². The number of sulfonamides is 1. The van der Waals surface area contributed by atoms with Gasteiger partial charge in [-0.2, -0.15) is 4.31 Å². The molecule has 17 heavy (non-hydrogen) atoms. The summed E-state index contributed by atoms with van der Waals surface area (Å²) < 4.78 is 30.9. The molecule has 0 heterocycles. The lowest BCUT2D eigenvalue weighted by Crippen LogP contribution is -2.42. The van der Waals surface area contributed by atoms with E-state index in [0.29, 0.717) is 19.0 Å². The summed E-state index contributed by atoms with van der Waals surface area (Å²) in [5.74, 6) is 0.360. The molecule has 0 atom stereocenters. The van der Waals surface area contributed by atoms with Gasteiger partial charge in [0.05, 0.1) is 12.4 Å². The minimum atomic E-state index is -3.26. The summed E-state index contributed by atoms with van der Waals surface area (Å²) in [6.07, 6.45) is 1.61. The van der Waals surface area contributed by atoms with E-state index < -0.39 is 10.0 Å². The van der Waals surface area contributed by atoms with E-state index in [9.17, 15) is 8.42 Å². The zero-order valence-corrected chi connectivity index (χ0v) is 12.6. The molecule has 0 saturated heterocycles. The lowest BCUT2D eigenvalue weighted by Gasteiger charge is -2.28. The van der Waals surface area contributed by atoms with Crippen molar-refractivity contribution in [3.8, 4) is 0 Å². The molecule has 6 heteroatoms. The van der Waals surface area contributed by atoms with E-state index in [0.717, 1.165) is 12.8 Å². The molecule has 0 bridgehead atoms. The molecule has 0 amide bonds. The highest BCUT2D eigenvalue weighted by atomic mass is 35.5. The molecule has 0 N–H and O–H groups in total. The minimum absolute atomic E-state index is 0.0359. The molecule has 0 fully saturated rings. The van der Waals surface area contributed by atoms with E-state index >= 15 is 0 Å². The van der Waals surface area contributed by atoms with Crippen LogP contribution in [0.4, 0.5) is 0 Å². The third-order valence-electron chi connectivity index (χ3n) is 2.70. The van der Waals surface area contributed by atoms with Crippen LogP contribution in [0.5, 0.6) is 0 Å². The lowest BCUT2D eigenvalue weighted by atomic mass is 10.2. The van der Waals surface area contributed by atoms with E-state index in [4.69, 9.17) is 16.3 Å². The molecule has 0 unspecified atom stereocenters. The van der Waals surface area contributed by atoms with E-state index in [1.807, 2.05) is 20.8 Å². The van der Waals surface area contributed by atoms with Gasteiger partial charge in [-0.25, -0.2) is 8.42 Å². The Hall–Kier alpha value is 0.160. The van der Waals surface area contributed by atoms with Crippen LogP contribution in [0.2, 0.25) is 0 Å². The summed E-state index contributed by atoms with van der Waals surface area (Å²) in [5.41, 5.74) is 0. The van der Waals surface area contributed by atoms with Crippen molar-refractivity contribution in [1.29, 1.82) is 0 Å². The summed E-state index contributed by atoms with van der Waals surface area (Å²) in [6.45, 7) is 7.00. The van der Waals surface area contributed by atoms with E-state index in [1.165, 1.54) is 4.31 Å². The van der Waals surface area contributed by atoms with Gasteiger partial charge in [-0.3, -0.25) is 0 Å². The Morgan fingerprint density at radius 3 is 2.24 bits per heavy atom. The number of alkyl halides is 1. The van der Waals surface area contributed by atoms with E-state index in [2.05, 4.69) is 0 Å². The van der Waals surface area contributed by atoms with Crippen molar-refractivity contribution in [2.24, 2.45) is 0 Å². The van der Waals surface area contributed by atoms with Crippen molar-refractivity contribution in [3.63, 3.8) is 0 Å². The fraction of sp³-hybridized carbons (Fsp3) is 1.00. The Labute approximate surface area is 110 Å². The van der Waals surface area contributed by atoms with Gasteiger partial charge in [0, 0.05) is 25.1 Å². The predicted molar refractivity (Wildman–Crippen MR) is 72.1 cm³/mol. The van der Waals surface area contributed by atoms with Crippen molar-refractivity contribution in [3.05, 3.63) is 0 Å². The van der Waals surface area contributed by atoms with Gasteiger partial charge in [-0.1, -0.05) is 13.8 Å². The summed E-state index contributed by atoms with van der Waals surface area (Å²) in [7, 11) is -3.26. The topological polar surface area (TPSA) is 46.6 Å². The molecule has 0 aromatic carbocycles. The first-order valence-electron chi connectivity index (χ1n) is 6.16. The molecule has 0 radical (unpaired) electrons. The Morgan fingerprint density at radius 2 is 1.82 bits per heavy atom. The second-order valence-corrected chi connectivity index (χ2v) is 6.20. The molecule has 4 nitrogen and oxygen atoms in total. The summed E-state index contributed by atoms with van der Waals surface area (Å²) in [6, 6.07) is 0.0420. The first kappa shape index (κ1) is 17.2. The van der Waals surface area contributed by atoms with Crippen LogP contribution in [0.15, 0.2) is 0 Å². The van der Waals surface area contributed by atoms with Crippen LogP contribution in [-0.2, 0) is 14.8 Å². The number of ether oxygens (including phenoxy) is 1. The zero-order chi connectivity index (χ0) is 13.3. The molecular formula is C11H24ClNO3S. The zero-order valence-electron chi connectivity index (χ0n) is 11.0. The van der Waals surface area contributed by atoms with Gasteiger partial charge in [-0.15, -0.1) is 11.6 Å². The fourth-order valence-corrected chi connectivity index (χ4v) is 3.72. The Morgan fingerprint density at radius 1 is 1.24 bits per heavy atom. The molecule has 0 rings (SSSR count). The summed E-state index contributed by atoms with van der Waals surface area (Å²) in [4.78, 5) is 0. The van der Waals surface area contributed by atoms with Gasteiger partial charge >= 0.3 is 0 Å². The maximum absolute atomic E-state index is 12.1. The largest absolute Gasteiger partial charge is 0.381 e. The summed E-state index contributed by atoms with van der Waals surface area (Å²) in [5, 5.41) is 0. The van der Waals surface area contributed by atoms with Gasteiger partial charge in [0.1, 0.15) is 0 Å². The number of rotatable bonds is 10. The Bertz CT molecular complexity index is 278. The highest BCUT2D eigenvalue weighted by Gasteiger charge is 2.26. The predicted octanol–water partition coefficient (Wildman–Crippen LogP) is 2.08. The third-order valence-corrected chi connectivity index (χ3v) is 4.75. The second kappa shape index (κ2) is 9.14. The van der Waals surface area contributed by atoms with Gasteiger partial charge in [-0.05, 0) is 19.8 Å². The molecule has 0 aliphatic rings. The lowest BCUT2D eigenvalue weighted by molar-refractivity contribution is 0.162. The van der Waals surface area contributed by atoms with Gasteiger partial charge < -0.3 is 4.74 Å². The fourth-order valence-electron chi connectivity index (χ4n) is 1.75. The van der Waals surface area contributed by atoms with Crippen molar-refractivity contribution in [2.45, 2.75) is 39.7 Å². The molecule has 104 valence electrons. The molecular weight excluding hydrogens is 262 g/mol. The second-order valence-electron chi connectivity index (χ2n) is 3.78. The number of hydrogen-bond acceptors (Lipinski definition) is 3. The van der Waals surface area contributed by atoms with Gasteiger partial charge in [0.2, 0.25) is 10.0 Å². The van der Waals surface area contributed by atoms with Crippen LogP contribution in [0.3, 0.4) is 0 Å². The highest BCUT2D eigenvalue weighted by Crippen LogP contribution is 2.14. The molecule has 0 spiro atoms. The first-order chi connectivity index (χ1) is 8.03. The molecule has 0 aliphatic heterocycles. The summed E-state index contributed by atoms with van der Waals surface area (Å²) >= 11 is 5.68. The van der Waals surface area contributed by atoms with Crippen molar-refractivity contribution in [2.75, 3.05) is 31.4 Å². The van der Waals surface area contributed by atoms with Crippen molar-refractivity contribution < 1.29 is 13.2 Å². The maximum Gasteiger partial charge on any atom is 0.216 e. The average molecular weight is 286 g/mol. The van der Waals surface area contributed by atoms with E-state index in [-0.39, 0.29) is 18.4 Å². The van der Waals surface area contributed by atoms with E-state index in [1.54, 1.807) is 0 Å². The quantitative estimate of drug-likeness (QED) is 0.456. The van der Waals surface area contributed by atoms with Crippen LogP contribution in [0.1, 0.15) is 33.6 Å². The average Bonchev–Trinajstić information content (AvgIpc) is 2.29. The van der Waals surface area contributed by atoms with Crippen LogP contribution >= 0.6 is 11.6 Å². The van der Waals surface area contributed by atoms with Gasteiger partial charge in [0.25, 0.3) is 0 Å². The maximum atomic E-state index is 12.1. The van der Waals surface area contributed by atoms with Crippen LogP contribution in [-0.4, -0.2) is 50.2 Å². The molecule has 0 saturated carbocycles. The van der Waals surface area contributed by atoms with Crippen LogP contribution < -0.4 is 0 Å². The standard InChI is InChI=1S/C11H24ClNO3S/c1-4-11(5-2)13(8-7-12)17(14,15)10-9-16-6-3/h11H,4-10H2,1-3H3. The number of nitrogens with zero attached hydrogens (tertiary/aromatic N) is 1. The van der Waals surface area contributed by atoms with Crippen LogP contribution in [0.25, 0.3) is 0 Å². The highest BCUT2D eigenvalue weighted by molar-refractivity contribution is 7.89. The first-order valence-corrected chi connectivity index (χ1v) is 8.31. The van der Waals surface area contributed by atoms with Gasteiger partial charge in [0.15, 0.2) is 0 Å². The Kier molecular flexibility index (Phi) is 9.22. The molecule has 0 aromatic rings. The molecule has 0 aromatic heterocycles. The Balaban J connectivity index is 4.65. The monoisotopic (exact) mass is 285 g/mol. The smallest absolute Gasteiger partial charge is 0.216 e. The number of hydrogen-bond donors (Lipinski definition) is 0. The number of halogens is 1. The minimum Gasteiger partial charge on any atom is -0.381 e. The SMILES string of the molecule is CCOCCS(=O)(=O)N(CCCl)C(CC)CC. The molecule has 0 aliphatic carbocycles. The normalized spacial score (nSPS) is 12.6. The third kappa shape index (κ3) is 6.04.